The monoisotopic (exact) mass is 964 g/mol. The second-order valence-corrected chi connectivity index (χ2v) is 26.9. The van der Waals surface area contributed by atoms with Gasteiger partial charge in [0.1, 0.15) is 11.5 Å². The van der Waals surface area contributed by atoms with Crippen LogP contribution in [0.25, 0.3) is 0 Å². The Balaban J connectivity index is 1.07. The van der Waals surface area contributed by atoms with Gasteiger partial charge in [0.25, 0.3) is 6.71 Å². The van der Waals surface area contributed by atoms with Gasteiger partial charge in [0.15, 0.2) is 27.6 Å². The van der Waals surface area contributed by atoms with Crippen LogP contribution in [0.15, 0.2) is 273 Å². The van der Waals surface area contributed by atoms with Crippen LogP contribution >= 0.6 is 0 Å². The number of benzene rings is 11. The van der Waals surface area contributed by atoms with Crippen LogP contribution in [0, 0.1) is 0 Å². The Hall–Kier alpha value is -8.88. The van der Waals surface area contributed by atoms with E-state index in [1.807, 2.05) is 0 Å². The fraction of sp³-hybridized carbons (Fsp3) is 0. The van der Waals surface area contributed by atoms with Gasteiger partial charge in [-0.05, 0) is 94.9 Å². The molecule has 0 aliphatic carbocycles. The van der Waals surface area contributed by atoms with E-state index in [0.29, 0.717) is 0 Å². The Morgan fingerprint density at radius 3 is 0.877 bits per heavy atom. The van der Waals surface area contributed by atoms with Crippen molar-refractivity contribution in [3.8, 4) is 23.0 Å². The Bertz CT molecular complexity index is 3540. The summed E-state index contributed by atoms with van der Waals surface area (Å²) in [4.78, 5) is 5.03. The first-order chi connectivity index (χ1) is 36.3. The molecular weight excluding hydrogens is 920 g/mol. The molecule has 4 aliphatic rings. The van der Waals surface area contributed by atoms with E-state index in [-0.39, 0.29) is 6.71 Å². The van der Waals surface area contributed by atoms with Crippen molar-refractivity contribution in [3.05, 3.63) is 273 Å². The van der Waals surface area contributed by atoms with Gasteiger partial charge in [0.05, 0.1) is 11.4 Å². The van der Waals surface area contributed by atoms with Crippen molar-refractivity contribution in [2.24, 2.45) is 0 Å². The van der Waals surface area contributed by atoms with Crippen LogP contribution < -0.4 is 77.2 Å². The van der Waals surface area contributed by atoms with Gasteiger partial charge in [-0.1, -0.05) is 231 Å². The molecule has 7 heteroatoms. The van der Waals surface area contributed by atoms with Crippen LogP contribution in [-0.2, 0) is 0 Å². The Morgan fingerprint density at radius 2 is 0.548 bits per heavy atom. The van der Waals surface area contributed by atoms with Gasteiger partial charge in [-0.3, -0.25) is 0 Å². The molecule has 0 spiro atoms. The van der Waals surface area contributed by atoms with Crippen molar-refractivity contribution in [3.63, 3.8) is 0 Å². The maximum atomic E-state index is 7.48. The molecule has 11 aromatic rings. The summed E-state index contributed by atoms with van der Waals surface area (Å²) in [7, 11) is -5.89. The van der Waals surface area contributed by atoms with E-state index in [1.54, 1.807) is 0 Å². The van der Waals surface area contributed by atoms with E-state index in [4.69, 9.17) is 9.47 Å². The smallest absolute Gasteiger partial charge is 0.260 e. The number of rotatable bonds is 6. The topological polar surface area (TPSA) is 24.9 Å². The van der Waals surface area contributed by atoms with Crippen molar-refractivity contribution in [1.29, 1.82) is 0 Å². The second kappa shape index (κ2) is 16.3. The minimum absolute atomic E-state index is 0.173. The summed E-state index contributed by atoms with van der Waals surface area (Å²) in [5.74, 6) is 3.29. The SMILES string of the molecule is c1ccc([Si]2(c3ccccc3)c3ccccc3N(c3cc(N4c5ccccc5[Si](c5ccccc5)(c5ccccc5)c5ccccc54)c4c5c3Oc3ccccc3B5c3ccccc3O4)c3ccccc32)cc1. The fourth-order valence-electron chi connectivity index (χ4n) is 13.1. The lowest BCUT2D eigenvalue weighted by Gasteiger charge is -2.47. The number of anilines is 6. The van der Waals surface area contributed by atoms with Crippen molar-refractivity contribution >= 4 is 115 Å². The van der Waals surface area contributed by atoms with Gasteiger partial charge in [0, 0.05) is 28.2 Å². The highest BCUT2D eigenvalue weighted by Gasteiger charge is 2.53. The lowest BCUT2D eigenvalue weighted by molar-refractivity contribution is 0.466. The van der Waals surface area contributed by atoms with Crippen LogP contribution in [0.2, 0.25) is 0 Å². The van der Waals surface area contributed by atoms with Gasteiger partial charge in [-0.15, -0.1) is 0 Å². The van der Waals surface area contributed by atoms with Crippen LogP contribution in [0.3, 0.4) is 0 Å². The zero-order chi connectivity index (χ0) is 48.1. The summed E-state index contributed by atoms with van der Waals surface area (Å²) in [5.41, 5.74) is 9.72. The number of fused-ring (bicyclic) bond motifs is 8. The summed E-state index contributed by atoms with van der Waals surface area (Å²) < 4.78 is 15.0. The predicted molar refractivity (Wildman–Crippen MR) is 308 cm³/mol. The van der Waals surface area contributed by atoms with Crippen molar-refractivity contribution in [1.82, 2.24) is 0 Å². The lowest BCUT2D eigenvalue weighted by atomic mass is 9.34. The molecular formula is C66H45BN2O2Si2. The summed E-state index contributed by atoms with van der Waals surface area (Å²) in [6.07, 6.45) is 0. The first kappa shape index (κ1) is 41.9. The zero-order valence-corrected chi connectivity index (χ0v) is 41.8. The third-order valence-corrected chi connectivity index (χ3v) is 25.6. The normalized spacial score (nSPS) is 14.7. The highest BCUT2D eigenvalue weighted by molar-refractivity contribution is 7.22. The maximum Gasteiger partial charge on any atom is 0.260 e. The van der Waals surface area contributed by atoms with E-state index < -0.39 is 16.1 Å². The highest BCUT2D eigenvalue weighted by atomic mass is 28.3. The maximum absolute atomic E-state index is 7.48. The molecule has 0 fully saturated rings. The number of hydrogen-bond donors (Lipinski definition) is 0. The van der Waals surface area contributed by atoms with E-state index in [1.165, 1.54) is 41.5 Å². The van der Waals surface area contributed by atoms with Gasteiger partial charge in [-0.25, -0.2) is 0 Å². The Kier molecular flexibility index (Phi) is 9.36. The second-order valence-electron chi connectivity index (χ2n) is 19.4. The molecule has 73 heavy (non-hydrogen) atoms. The molecule has 4 aliphatic heterocycles. The van der Waals surface area contributed by atoms with Crippen molar-refractivity contribution < 1.29 is 9.47 Å². The van der Waals surface area contributed by atoms with Crippen LogP contribution in [0.1, 0.15) is 0 Å². The molecule has 4 nitrogen and oxygen atoms in total. The van der Waals surface area contributed by atoms with Gasteiger partial charge >= 0.3 is 0 Å². The summed E-state index contributed by atoms with van der Waals surface area (Å²) >= 11 is 0. The zero-order valence-electron chi connectivity index (χ0n) is 39.8. The fourth-order valence-corrected chi connectivity index (χ4v) is 23.3. The molecule has 0 radical (unpaired) electrons. The largest absolute Gasteiger partial charge is 0.456 e. The molecule has 0 saturated carbocycles. The Morgan fingerprint density at radius 1 is 0.274 bits per heavy atom. The number of nitrogens with zero attached hydrogens (tertiary/aromatic N) is 2. The molecule has 15 rings (SSSR count). The molecule has 0 saturated heterocycles. The average molecular weight is 965 g/mol. The van der Waals surface area contributed by atoms with Crippen molar-refractivity contribution in [2.75, 3.05) is 9.80 Å². The minimum Gasteiger partial charge on any atom is -0.456 e. The molecule has 0 unspecified atom stereocenters. The number of hydrogen-bond acceptors (Lipinski definition) is 4. The molecule has 0 N–H and O–H groups in total. The summed E-state index contributed by atoms with van der Waals surface area (Å²) in [6, 6.07) is 101. The van der Waals surface area contributed by atoms with Gasteiger partial charge < -0.3 is 19.3 Å². The standard InChI is InChI=1S/C66H45BN2O2Si2/c1-5-25-46(26-6-1)72(47-27-7-2-8-28-47)60-41-21-15-35-52(60)68(53-36-16-22-42-61(53)72)56-45-57(66-64-65(56)70-58-39-19-13-33-50(58)67(64)51-34-14-20-40-59(51)71-66)69-54-37-17-23-43-62(54)73(48-29-9-3-10-30-48,49-31-11-4-12-32-49)63-44-24-18-38-55(63)69/h1-45H. The molecule has 11 aromatic carbocycles. The quantitative estimate of drug-likeness (QED) is 0.156. The summed E-state index contributed by atoms with van der Waals surface area (Å²) in [5, 5.41) is 10.7. The molecule has 0 bridgehead atoms. The van der Waals surface area contributed by atoms with E-state index in [9.17, 15) is 0 Å². The van der Waals surface area contributed by atoms with Gasteiger partial charge in [0.2, 0.25) is 0 Å². The number of para-hydroxylation sites is 6. The molecule has 0 aromatic heterocycles. The predicted octanol–water partition coefficient (Wildman–Crippen LogP) is 8.74. The number of ether oxygens (including phenoxy) is 2. The van der Waals surface area contributed by atoms with Gasteiger partial charge in [-0.2, -0.15) is 0 Å². The lowest BCUT2D eigenvalue weighted by Crippen LogP contribution is -2.77. The molecule has 4 heterocycles. The first-order valence-corrected chi connectivity index (χ1v) is 29.2. The van der Waals surface area contributed by atoms with Crippen LogP contribution in [-0.4, -0.2) is 22.9 Å². The van der Waals surface area contributed by atoms with E-state index in [2.05, 4.69) is 283 Å². The molecule has 0 atom stereocenters. The van der Waals surface area contributed by atoms with Crippen molar-refractivity contribution in [2.45, 2.75) is 0 Å². The highest BCUT2D eigenvalue weighted by Crippen LogP contribution is 2.53. The van der Waals surface area contributed by atoms with E-state index in [0.717, 1.165) is 73.5 Å². The molecule has 342 valence electrons. The third kappa shape index (κ3) is 5.83. The Labute approximate surface area is 427 Å². The van der Waals surface area contributed by atoms with Crippen LogP contribution in [0.5, 0.6) is 23.0 Å². The minimum atomic E-state index is -2.95. The average Bonchev–Trinajstić information content (AvgIpc) is 3.47. The van der Waals surface area contributed by atoms with E-state index >= 15 is 0 Å². The third-order valence-electron chi connectivity index (χ3n) is 15.9. The molecule has 0 amide bonds. The van der Waals surface area contributed by atoms with Crippen LogP contribution in [0.4, 0.5) is 34.1 Å². The first-order valence-electron chi connectivity index (χ1n) is 25.2. The summed E-state index contributed by atoms with van der Waals surface area (Å²) in [6.45, 7) is -0.173.